The number of ether oxygens (including phenoxy) is 1. The monoisotopic (exact) mass is 207 g/mol. The summed E-state index contributed by atoms with van der Waals surface area (Å²) in [5, 5.41) is 8.78. The Bertz CT molecular complexity index is 533. The number of hydrogen-bond donors (Lipinski definition) is 1. The van der Waals surface area contributed by atoms with E-state index in [9.17, 15) is 4.79 Å². The number of pyridine rings is 1. The number of methoxy groups -OCH3 is 1. The first-order valence-electron chi connectivity index (χ1n) is 4.24. The summed E-state index contributed by atoms with van der Waals surface area (Å²) >= 11 is 0. The summed E-state index contributed by atoms with van der Waals surface area (Å²) in [4.78, 5) is 18.8. The Morgan fingerprint density at radius 2 is 2.20 bits per heavy atom. The van der Waals surface area contributed by atoms with Crippen molar-refractivity contribution in [3.05, 3.63) is 17.8 Å². The molecule has 6 nitrogen and oxygen atoms in total. The highest BCUT2D eigenvalue weighted by molar-refractivity contribution is 5.88. The van der Waals surface area contributed by atoms with Crippen molar-refractivity contribution >= 4 is 17.1 Å². The van der Waals surface area contributed by atoms with Crippen molar-refractivity contribution in [3.63, 3.8) is 0 Å². The van der Waals surface area contributed by atoms with Gasteiger partial charge in [0.2, 0.25) is 0 Å². The van der Waals surface area contributed by atoms with E-state index in [0.717, 1.165) is 0 Å². The van der Waals surface area contributed by atoms with E-state index >= 15 is 0 Å². The third kappa shape index (κ3) is 1.39. The first-order valence-corrected chi connectivity index (χ1v) is 4.24. The summed E-state index contributed by atoms with van der Waals surface area (Å²) in [6.07, 6.45) is 0. The lowest BCUT2D eigenvalue weighted by Gasteiger charge is -1.98. The summed E-state index contributed by atoms with van der Waals surface area (Å²) in [6, 6.07) is 3.42. The van der Waals surface area contributed by atoms with Gasteiger partial charge in [0.1, 0.15) is 5.52 Å². The highest BCUT2D eigenvalue weighted by Gasteiger charge is 2.12. The molecule has 0 amide bonds. The average Bonchev–Trinajstić information content (AvgIpc) is 2.55. The molecule has 2 heterocycles. The Labute approximate surface area is 85.1 Å². The van der Waals surface area contributed by atoms with Crippen LogP contribution in [0.5, 0.6) is 6.01 Å². The van der Waals surface area contributed by atoms with Gasteiger partial charge in [-0.3, -0.25) is 4.57 Å². The predicted molar refractivity (Wildman–Crippen MR) is 52.0 cm³/mol. The normalized spacial score (nSPS) is 10.5. The molecule has 0 aliphatic heterocycles. The molecule has 2 rings (SSSR count). The Hall–Kier alpha value is -2.11. The Morgan fingerprint density at radius 3 is 2.80 bits per heavy atom. The van der Waals surface area contributed by atoms with E-state index in [1.54, 1.807) is 17.7 Å². The standard InChI is InChI=1S/C9H9N3O3/c1-12-7-5(11-9(12)15-2)3-4-6(10-7)8(13)14/h3-4H,1-2H3,(H,13,14). The molecule has 0 aliphatic rings. The van der Waals surface area contributed by atoms with Gasteiger partial charge in [-0.2, -0.15) is 4.98 Å². The van der Waals surface area contributed by atoms with Gasteiger partial charge in [0.25, 0.3) is 6.01 Å². The Balaban J connectivity index is 2.70. The van der Waals surface area contributed by atoms with Crippen molar-refractivity contribution in [1.82, 2.24) is 14.5 Å². The maximum atomic E-state index is 10.7. The molecule has 0 bridgehead atoms. The minimum atomic E-state index is -1.06. The number of imidazole rings is 1. The van der Waals surface area contributed by atoms with Crippen LogP contribution in [0.2, 0.25) is 0 Å². The minimum Gasteiger partial charge on any atom is -0.477 e. The third-order valence-electron chi connectivity index (χ3n) is 2.08. The van der Waals surface area contributed by atoms with Gasteiger partial charge < -0.3 is 9.84 Å². The Kier molecular flexibility index (Phi) is 2.03. The first-order chi connectivity index (χ1) is 7.13. The molecule has 0 unspecified atom stereocenters. The van der Waals surface area contributed by atoms with Crippen molar-refractivity contribution in [2.75, 3.05) is 7.11 Å². The predicted octanol–water partition coefficient (Wildman–Crippen LogP) is 0.675. The molecular formula is C9H9N3O3. The molecule has 0 fully saturated rings. The molecule has 1 N–H and O–H groups in total. The molecule has 15 heavy (non-hydrogen) atoms. The molecule has 0 aromatic carbocycles. The molecule has 6 heteroatoms. The van der Waals surface area contributed by atoms with E-state index < -0.39 is 5.97 Å². The van der Waals surface area contributed by atoms with Crippen LogP contribution in [-0.2, 0) is 7.05 Å². The quantitative estimate of drug-likeness (QED) is 0.783. The van der Waals surface area contributed by atoms with Crippen LogP contribution in [0.4, 0.5) is 0 Å². The lowest BCUT2D eigenvalue weighted by molar-refractivity contribution is 0.0691. The largest absolute Gasteiger partial charge is 0.477 e. The summed E-state index contributed by atoms with van der Waals surface area (Å²) in [6.45, 7) is 0. The smallest absolute Gasteiger partial charge is 0.354 e. The van der Waals surface area contributed by atoms with E-state index in [0.29, 0.717) is 17.2 Å². The molecule has 0 saturated carbocycles. The highest BCUT2D eigenvalue weighted by Crippen LogP contribution is 2.17. The van der Waals surface area contributed by atoms with Crippen molar-refractivity contribution < 1.29 is 14.6 Å². The molecule has 0 aliphatic carbocycles. The van der Waals surface area contributed by atoms with Crippen molar-refractivity contribution in [2.45, 2.75) is 0 Å². The van der Waals surface area contributed by atoms with E-state index in [1.165, 1.54) is 13.2 Å². The third-order valence-corrected chi connectivity index (χ3v) is 2.08. The first kappa shape index (κ1) is 9.45. The van der Waals surface area contributed by atoms with E-state index in [4.69, 9.17) is 9.84 Å². The van der Waals surface area contributed by atoms with Gasteiger partial charge >= 0.3 is 5.97 Å². The van der Waals surface area contributed by atoms with Gasteiger partial charge in [-0.05, 0) is 12.1 Å². The maximum Gasteiger partial charge on any atom is 0.354 e. The summed E-state index contributed by atoms with van der Waals surface area (Å²) in [5.74, 6) is -1.06. The second kappa shape index (κ2) is 3.23. The topological polar surface area (TPSA) is 77.2 Å². The van der Waals surface area contributed by atoms with Gasteiger partial charge in [0.05, 0.1) is 7.11 Å². The molecule has 0 saturated heterocycles. The fourth-order valence-corrected chi connectivity index (χ4v) is 1.35. The van der Waals surface area contributed by atoms with E-state index in [2.05, 4.69) is 9.97 Å². The van der Waals surface area contributed by atoms with Gasteiger partial charge in [0, 0.05) is 7.05 Å². The van der Waals surface area contributed by atoms with Crippen molar-refractivity contribution in [3.8, 4) is 6.01 Å². The van der Waals surface area contributed by atoms with Crippen LogP contribution in [0.15, 0.2) is 12.1 Å². The number of nitrogens with zero attached hydrogens (tertiary/aromatic N) is 3. The molecule has 2 aromatic heterocycles. The summed E-state index contributed by atoms with van der Waals surface area (Å²) in [5.41, 5.74) is 1.10. The fraction of sp³-hybridized carbons (Fsp3) is 0.222. The average molecular weight is 207 g/mol. The van der Waals surface area contributed by atoms with Crippen molar-refractivity contribution in [2.24, 2.45) is 7.05 Å². The zero-order valence-corrected chi connectivity index (χ0v) is 8.26. The van der Waals surface area contributed by atoms with Crippen LogP contribution in [0.1, 0.15) is 10.5 Å². The zero-order chi connectivity index (χ0) is 11.0. The fourth-order valence-electron chi connectivity index (χ4n) is 1.35. The number of rotatable bonds is 2. The van der Waals surface area contributed by atoms with Crippen LogP contribution in [0.3, 0.4) is 0 Å². The van der Waals surface area contributed by atoms with Gasteiger partial charge in [-0.25, -0.2) is 9.78 Å². The van der Waals surface area contributed by atoms with E-state index in [-0.39, 0.29) is 5.69 Å². The maximum absolute atomic E-state index is 10.7. The van der Waals surface area contributed by atoms with Crippen LogP contribution < -0.4 is 4.74 Å². The zero-order valence-electron chi connectivity index (χ0n) is 8.26. The lowest BCUT2D eigenvalue weighted by Crippen LogP contribution is -2.01. The Morgan fingerprint density at radius 1 is 1.47 bits per heavy atom. The number of fused-ring (bicyclic) bond motifs is 1. The number of aromatic nitrogens is 3. The molecule has 0 spiro atoms. The van der Waals surface area contributed by atoms with Crippen LogP contribution in [0, 0.1) is 0 Å². The highest BCUT2D eigenvalue weighted by atomic mass is 16.5. The van der Waals surface area contributed by atoms with Crippen molar-refractivity contribution in [1.29, 1.82) is 0 Å². The van der Waals surface area contributed by atoms with Crippen LogP contribution in [-0.4, -0.2) is 32.7 Å². The minimum absolute atomic E-state index is 0.00634. The number of aromatic carboxylic acids is 1. The second-order valence-electron chi connectivity index (χ2n) is 3.00. The SMILES string of the molecule is COc1nc2ccc(C(=O)O)nc2n1C. The summed E-state index contributed by atoms with van der Waals surface area (Å²) < 4.78 is 6.59. The summed E-state index contributed by atoms with van der Waals surface area (Å²) in [7, 11) is 3.21. The van der Waals surface area contributed by atoms with Gasteiger partial charge in [0.15, 0.2) is 11.3 Å². The molecular weight excluding hydrogens is 198 g/mol. The molecule has 2 aromatic rings. The lowest BCUT2D eigenvalue weighted by atomic mass is 10.3. The second-order valence-corrected chi connectivity index (χ2v) is 3.00. The van der Waals surface area contributed by atoms with E-state index in [1.807, 2.05) is 0 Å². The number of aryl methyl sites for hydroxylation is 1. The molecule has 0 atom stereocenters. The van der Waals surface area contributed by atoms with Gasteiger partial charge in [-0.15, -0.1) is 0 Å². The number of hydrogen-bond acceptors (Lipinski definition) is 4. The molecule has 0 radical (unpaired) electrons. The van der Waals surface area contributed by atoms with Crippen LogP contribution in [0.25, 0.3) is 11.2 Å². The number of carboxylic acid groups (broad SMARTS) is 1. The number of carboxylic acids is 1. The van der Waals surface area contributed by atoms with Gasteiger partial charge in [-0.1, -0.05) is 0 Å². The molecule has 78 valence electrons. The number of carbonyl (C=O) groups is 1. The van der Waals surface area contributed by atoms with Crippen LogP contribution >= 0.6 is 0 Å².